The van der Waals surface area contributed by atoms with Gasteiger partial charge in [0.15, 0.2) is 0 Å². The number of aliphatic hydroxyl groups excluding tert-OH is 2. The molecule has 0 bridgehead atoms. The van der Waals surface area contributed by atoms with Crippen LogP contribution in [0.1, 0.15) is 44.6 Å². The van der Waals surface area contributed by atoms with Gasteiger partial charge in [0.2, 0.25) is 0 Å². The SMILES string of the molecule is C[C@H](O)C(=O)N(C[C@@H]1CNC[C@@H]1F)[C@@H](c1nc(-c2cc(F)ccc2F)cn1Cc1cc(O)cc(F)c1)C(C)(C)CCO. The summed E-state index contributed by atoms with van der Waals surface area (Å²) in [5.41, 5.74) is -0.772. The van der Waals surface area contributed by atoms with Gasteiger partial charge in [-0.25, -0.2) is 22.5 Å². The molecule has 3 aromatic rings. The molecule has 0 aliphatic carbocycles. The number of aliphatic hydroxyl groups is 2. The predicted octanol–water partition coefficient (Wildman–Crippen LogP) is 3.94. The Labute approximate surface area is 241 Å². The van der Waals surface area contributed by atoms with E-state index in [1.54, 1.807) is 13.8 Å². The minimum atomic E-state index is -1.46. The molecule has 1 aliphatic heterocycles. The van der Waals surface area contributed by atoms with E-state index in [1.807, 2.05) is 0 Å². The molecule has 2 heterocycles. The number of rotatable bonds is 11. The van der Waals surface area contributed by atoms with Gasteiger partial charge in [-0.15, -0.1) is 0 Å². The van der Waals surface area contributed by atoms with Crippen LogP contribution in [0.2, 0.25) is 0 Å². The second-order valence-corrected chi connectivity index (χ2v) is 11.5. The zero-order chi connectivity index (χ0) is 30.8. The minimum Gasteiger partial charge on any atom is -0.508 e. The first kappa shape index (κ1) is 31.5. The number of imidazole rings is 1. The third-order valence-corrected chi connectivity index (χ3v) is 7.69. The Hall–Kier alpha value is -3.48. The van der Waals surface area contributed by atoms with E-state index in [-0.39, 0.29) is 62.0 Å². The van der Waals surface area contributed by atoms with Crippen LogP contribution in [0, 0.1) is 28.8 Å². The summed E-state index contributed by atoms with van der Waals surface area (Å²) in [6.07, 6.45) is -1.14. The number of carbonyl (C=O) groups excluding carboxylic acids is 1. The first-order valence-electron chi connectivity index (χ1n) is 13.8. The number of hydrogen-bond acceptors (Lipinski definition) is 6. The molecule has 4 atom stereocenters. The Morgan fingerprint density at radius 1 is 1.17 bits per heavy atom. The van der Waals surface area contributed by atoms with Gasteiger partial charge in [-0.05, 0) is 54.7 Å². The molecule has 42 heavy (non-hydrogen) atoms. The van der Waals surface area contributed by atoms with E-state index in [0.29, 0.717) is 5.56 Å². The number of nitrogens with zero attached hydrogens (tertiary/aromatic N) is 3. The molecule has 2 aromatic carbocycles. The van der Waals surface area contributed by atoms with Gasteiger partial charge in [0.1, 0.15) is 41.3 Å². The van der Waals surface area contributed by atoms with Gasteiger partial charge >= 0.3 is 0 Å². The van der Waals surface area contributed by atoms with Gasteiger partial charge in [0.05, 0.1) is 11.7 Å². The highest BCUT2D eigenvalue weighted by atomic mass is 19.1. The highest BCUT2D eigenvalue weighted by Crippen LogP contribution is 2.43. The molecule has 1 aromatic heterocycles. The summed E-state index contributed by atoms with van der Waals surface area (Å²) < 4.78 is 59.7. The second-order valence-electron chi connectivity index (χ2n) is 11.5. The van der Waals surface area contributed by atoms with Crippen LogP contribution in [-0.4, -0.2) is 74.2 Å². The van der Waals surface area contributed by atoms with Crippen LogP contribution < -0.4 is 5.32 Å². The fourth-order valence-electron chi connectivity index (χ4n) is 5.55. The number of benzene rings is 2. The lowest BCUT2D eigenvalue weighted by Gasteiger charge is -2.43. The fraction of sp³-hybridized carbons (Fsp3) is 0.467. The lowest BCUT2D eigenvalue weighted by molar-refractivity contribution is -0.146. The van der Waals surface area contributed by atoms with Crippen molar-refractivity contribution in [1.29, 1.82) is 0 Å². The van der Waals surface area contributed by atoms with Gasteiger partial charge in [0.25, 0.3) is 5.91 Å². The van der Waals surface area contributed by atoms with Crippen LogP contribution in [0.5, 0.6) is 5.75 Å². The monoisotopic (exact) mass is 592 g/mol. The summed E-state index contributed by atoms with van der Waals surface area (Å²) in [6.45, 7) is 4.75. The summed E-state index contributed by atoms with van der Waals surface area (Å²) >= 11 is 0. The van der Waals surface area contributed by atoms with Crippen molar-refractivity contribution < 1.29 is 37.7 Å². The maximum atomic E-state index is 14.9. The summed E-state index contributed by atoms with van der Waals surface area (Å²) in [6, 6.07) is 5.35. The van der Waals surface area contributed by atoms with Crippen molar-refractivity contribution in [1.82, 2.24) is 19.8 Å². The van der Waals surface area contributed by atoms with Crippen LogP contribution in [0.4, 0.5) is 17.6 Å². The highest BCUT2D eigenvalue weighted by Gasteiger charge is 2.44. The van der Waals surface area contributed by atoms with Gasteiger partial charge in [-0.1, -0.05) is 13.8 Å². The Bertz CT molecular complexity index is 1390. The van der Waals surface area contributed by atoms with E-state index in [0.717, 1.165) is 24.3 Å². The average Bonchev–Trinajstić information content (AvgIpc) is 3.49. The summed E-state index contributed by atoms with van der Waals surface area (Å²) in [5.74, 6) is -3.64. The maximum absolute atomic E-state index is 14.9. The molecule has 0 unspecified atom stereocenters. The van der Waals surface area contributed by atoms with Crippen molar-refractivity contribution in [2.24, 2.45) is 11.3 Å². The van der Waals surface area contributed by atoms with Gasteiger partial charge in [0, 0.05) is 56.5 Å². The number of aromatic hydroxyl groups is 1. The highest BCUT2D eigenvalue weighted by molar-refractivity contribution is 5.80. The maximum Gasteiger partial charge on any atom is 0.251 e. The topological polar surface area (TPSA) is 111 Å². The van der Waals surface area contributed by atoms with E-state index >= 15 is 0 Å². The van der Waals surface area contributed by atoms with Crippen LogP contribution in [0.3, 0.4) is 0 Å². The Morgan fingerprint density at radius 3 is 2.52 bits per heavy atom. The Kier molecular flexibility index (Phi) is 9.59. The lowest BCUT2D eigenvalue weighted by atomic mass is 9.79. The fourth-order valence-corrected chi connectivity index (χ4v) is 5.55. The smallest absolute Gasteiger partial charge is 0.251 e. The summed E-state index contributed by atoms with van der Waals surface area (Å²) in [5, 5.41) is 33.3. The van der Waals surface area contributed by atoms with E-state index in [4.69, 9.17) is 0 Å². The normalized spacial score (nSPS) is 18.7. The number of alkyl halides is 1. The average molecular weight is 593 g/mol. The zero-order valence-electron chi connectivity index (χ0n) is 23.7. The first-order chi connectivity index (χ1) is 19.8. The van der Waals surface area contributed by atoms with Gasteiger partial charge < -0.3 is 30.1 Å². The second kappa shape index (κ2) is 12.8. The number of carbonyl (C=O) groups is 1. The number of phenolic OH excluding ortho intramolecular Hbond substituents is 1. The third-order valence-electron chi connectivity index (χ3n) is 7.69. The molecule has 1 saturated heterocycles. The number of halogens is 4. The molecule has 4 rings (SSSR count). The molecular weight excluding hydrogens is 556 g/mol. The number of aromatic nitrogens is 2. The molecule has 4 N–H and O–H groups in total. The van der Waals surface area contributed by atoms with Crippen LogP contribution in [-0.2, 0) is 11.3 Å². The van der Waals surface area contributed by atoms with Crippen molar-refractivity contribution in [2.45, 2.75) is 52.1 Å². The lowest BCUT2D eigenvalue weighted by Crippen LogP contribution is -2.50. The molecular formula is C30H36F4N4O4. The molecule has 1 amide bonds. The molecule has 0 radical (unpaired) electrons. The predicted molar refractivity (Wildman–Crippen MR) is 148 cm³/mol. The van der Waals surface area contributed by atoms with Crippen molar-refractivity contribution in [3.05, 3.63) is 71.4 Å². The third kappa shape index (κ3) is 6.93. The summed E-state index contributed by atoms with van der Waals surface area (Å²) in [7, 11) is 0. The zero-order valence-corrected chi connectivity index (χ0v) is 23.7. The standard InChI is InChI=1S/C30H36F4N4O4/c1-17(40)29(42)38(15-19-12-35-13-25(19)34)27(30(2,3)6-7-39)28-36-26(23-11-20(31)4-5-24(23)33)16-37(28)14-18-8-21(32)10-22(41)9-18/h4-5,8-11,16-17,19,25,27,35,39-41H,6-7,12-15H2,1-3H3/t17-,19-,25-,27-/m0/s1. The quantitative estimate of drug-likeness (QED) is 0.251. The van der Waals surface area contributed by atoms with E-state index in [1.165, 1.54) is 34.7 Å². The van der Waals surface area contributed by atoms with Gasteiger partial charge in [-0.3, -0.25) is 4.79 Å². The van der Waals surface area contributed by atoms with Crippen molar-refractivity contribution in [3.8, 4) is 17.0 Å². The first-order valence-corrected chi connectivity index (χ1v) is 13.8. The molecule has 1 aliphatic rings. The van der Waals surface area contributed by atoms with Crippen LogP contribution >= 0.6 is 0 Å². The van der Waals surface area contributed by atoms with Crippen molar-refractivity contribution in [3.63, 3.8) is 0 Å². The minimum absolute atomic E-state index is 0.0165. The van der Waals surface area contributed by atoms with Crippen LogP contribution in [0.15, 0.2) is 42.6 Å². The molecule has 8 nitrogen and oxygen atoms in total. The summed E-state index contributed by atoms with van der Waals surface area (Å²) in [4.78, 5) is 19.6. The molecule has 228 valence electrons. The van der Waals surface area contributed by atoms with E-state index < -0.39 is 53.0 Å². The number of amides is 1. The van der Waals surface area contributed by atoms with Crippen molar-refractivity contribution in [2.75, 3.05) is 26.2 Å². The molecule has 0 saturated carbocycles. The number of hydrogen-bond donors (Lipinski definition) is 4. The Balaban J connectivity index is 1.95. The Morgan fingerprint density at radius 2 is 1.90 bits per heavy atom. The molecule has 0 spiro atoms. The molecule has 12 heteroatoms. The van der Waals surface area contributed by atoms with E-state index in [9.17, 15) is 37.7 Å². The van der Waals surface area contributed by atoms with E-state index in [2.05, 4.69) is 10.3 Å². The van der Waals surface area contributed by atoms with Crippen LogP contribution in [0.25, 0.3) is 11.3 Å². The largest absolute Gasteiger partial charge is 0.508 e. The molecule has 1 fully saturated rings. The number of phenols is 1. The number of nitrogens with one attached hydrogen (secondary N) is 1. The van der Waals surface area contributed by atoms with Gasteiger partial charge in [-0.2, -0.15) is 0 Å². The van der Waals surface area contributed by atoms with Crippen molar-refractivity contribution >= 4 is 5.91 Å².